The molecule has 0 bridgehead atoms. The normalized spacial score (nSPS) is 12.4. The molecule has 0 aromatic heterocycles. The second-order valence-corrected chi connectivity index (χ2v) is 2.69. The first-order valence-electron chi connectivity index (χ1n) is 4.34. The largest absolute Gasteiger partial charge is 0.481 e. The fraction of sp³-hybridized carbons (Fsp3) is 0.444. The molecule has 0 aliphatic rings. The third kappa shape index (κ3) is 14.1. The van der Waals surface area contributed by atoms with Gasteiger partial charge in [-0.15, -0.1) is 0 Å². The minimum Gasteiger partial charge on any atom is -0.481 e. The Labute approximate surface area is 96.8 Å². The van der Waals surface area contributed by atoms with Crippen molar-refractivity contribution in [1.82, 2.24) is 0 Å². The molecule has 8 heteroatoms. The van der Waals surface area contributed by atoms with E-state index in [2.05, 4.69) is 11.3 Å². The number of hydrogen-bond donors (Lipinski definition) is 4. The zero-order chi connectivity index (χ0) is 14.0. The maximum Gasteiger partial charge on any atom is 0.333 e. The Hall–Kier alpha value is -1.93. The number of esters is 1. The minimum atomic E-state index is -1.79. The van der Waals surface area contributed by atoms with Crippen molar-refractivity contribution in [3.05, 3.63) is 12.7 Å². The average molecular weight is 250 g/mol. The molecule has 98 valence electrons. The van der Waals surface area contributed by atoms with E-state index in [4.69, 9.17) is 20.4 Å². The van der Waals surface area contributed by atoms with Crippen LogP contribution in [0.2, 0.25) is 0 Å². The molecule has 8 nitrogen and oxygen atoms in total. The molecule has 0 aliphatic carbocycles. The predicted molar refractivity (Wildman–Crippen MR) is 53.9 cm³/mol. The van der Waals surface area contributed by atoms with Crippen molar-refractivity contribution in [2.75, 3.05) is 0 Å². The van der Waals surface area contributed by atoms with Gasteiger partial charge in [0.2, 0.25) is 0 Å². The van der Waals surface area contributed by atoms with E-state index >= 15 is 0 Å². The Kier molecular flexibility index (Phi) is 9.56. The van der Waals surface area contributed by atoms with E-state index < -0.39 is 36.7 Å². The van der Waals surface area contributed by atoms with E-state index in [1.807, 2.05) is 0 Å². The molecule has 2 unspecified atom stereocenters. The van der Waals surface area contributed by atoms with Gasteiger partial charge in [0.1, 0.15) is 0 Å². The Morgan fingerprint density at radius 1 is 1.29 bits per heavy atom. The lowest BCUT2D eigenvalue weighted by Crippen LogP contribution is -2.22. The van der Waals surface area contributed by atoms with Crippen molar-refractivity contribution in [1.29, 1.82) is 0 Å². The summed E-state index contributed by atoms with van der Waals surface area (Å²) in [4.78, 5) is 29.5. The number of carboxylic acids is 2. The first-order valence-corrected chi connectivity index (χ1v) is 4.34. The van der Waals surface area contributed by atoms with E-state index in [1.165, 1.54) is 6.92 Å². The van der Waals surface area contributed by atoms with Gasteiger partial charge >= 0.3 is 17.9 Å². The number of carboxylic acid groups (broad SMARTS) is 2. The van der Waals surface area contributed by atoms with Gasteiger partial charge in [-0.2, -0.15) is 0 Å². The number of ether oxygens (including phenoxy) is 1. The summed E-state index contributed by atoms with van der Waals surface area (Å²) in [6.45, 7) is 4.48. The molecule has 0 saturated heterocycles. The molecule has 2 atom stereocenters. The van der Waals surface area contributed by atoms with E-state index in [1.54, 1.807) is 0 Å². The van der Waals surface area contributed by atoms with Crippen LogP contribution < -0.4 is 0 Å². The van der Waals surface area contributed by atoms with Crippen LogP contribution in [0.4, 0.5) is 0 Å². The second-order valence-electron chi connectivity index (χ2n) is 2.69. The molecule has 0 aliphatic heterocycles. The number of rotatable bonds is 5. The van der Waals surface area contributed by atoms with E-state index in [0.717, 1.165) is 6.08 Å². The van der Waals surface area contributed by atoms with Gasteiger partial charge in [-0.05, 0) is 6.92 Å². The number of aliphatic hydroxyl groups excluding tert-OH is 2. The summed E-state index contributed by atoms with van der Waals surface area (Å²) in [5, 5.41) is 32.5. The number of hydrogen-bond acceptors (Lipinski definition) is 6. The van der Waals surface area contributed by atoms with Crippen molar-refractivity contribution in [3.63, 3.8) is 0 Å². The first-order chi connectivity index (χ1) is 7.70. The summed E-state index contributed by atoms with van der Waals surface area (Å²) in [6.07, 6.45) is -2.59. The molecule has 0 saturated carbocycles. The smallest absolute Gasteiger partial charge is 0.333 e. The number of carbonyl (C=O) groups is 3. The summed E-state index contributed by atoms with van der Waals surface area (Å²) in [5.41, 5.74) is 0. The van der Waals surface area contributed by atoms with E-state index in [0.29, 0.717) is 0 Å². The van der Waals surface area contributed by atoms with Gasteiger partial charge in [-0.3, -0.25) is 4.79 Å². The third-order valence-corrected chi connectivity index (χ3v) is 1.11. The van der Waals surface area contributed by atoms with E-state index in [9.17, 15) is 14.4 Å². The maximum absolute atomic E-state index is 10.1. The van der Waals surface area contributed by atoms with Gasteiger partial charge in [-0.25, -0.2) is 9.59 Å². The summed E-state index contributed by atoms with van der Waals surface area (Å²) >= 11 is 0. The minimum absolute atomic E-state index is 0.611. The van der Waals surface area contributed by atoms with Crippen LogP contribution >= 0.6 is 0 Å². The molecule has 4 N–H and O–H groups in total. The highest BCUT2D eigenvalue weighted by Gasteiger charge is 2.16. The second kappa shape index (κ2) is 9.31. The lowest BCUT2D eigenvalue weighted by Gasteiger charge is -2.01. The quantitative estimate of drug-likeness (QED) is 0.275. The van der Waals surface area contributed by atoms with E-state index in [-0.39, 0.29) is 0 Å². The van der Waals surface area contributed by atoms with Crippen molar-refractivity contribution in [2.45, 2.75) is 25.7 Å². The molecular weight excluding hydrogens is 236 g/mol. The first kappa shape index (κ1) is 17.5. The molecule has 0 aromatic rings. The average Bonchev–Trinajstić information content (AvgIpc) is 2.16. The maximum atomic E-state index is 10.1. The van der Waals surface area contributed by atoms with Crippen LogP contribution in [-0.4, -0.2) is 50.7 Å². The highest BCUT2D eigenvalue weighted by molar-refractivity contribution is 5.81. The lowest BCUT2D eigenvalue weighted by molar-refractivity contribution is -0.158. The number of aliphatic carboxylic acids is 2. The molecule has 0 amide bonds. The van der Waals surface area contributed by atoms with Crippen LogP contribution in [0, 0.1) is 0 Å². The topological polar surface area (TPSA) is 141 Å². The predicted octanol–water partition coefficient (Wildman–Crippen LogP) is -1.04. The van der Waals surface area contributed by atoms with Gasteiger partial charge in [-0.1, -0.05) is 6.58 Å². The summed E-state index contributed by atoms with van der Waals surface area (Å²) in [7, 11) is 0. The Morgan fingerprint density at radius 2 is 1.76 bits per heavy atom. The van der Waals surface area contributed by atoms with Gasteiger partial charge in [0, 0.05) is 6.08 Å². The van der Waals surface area contributed by atoms with Crippen molar-refractivity contribution >= 4 is 17.9 Å². The zero-order valence-corrected chi connectivity index (χ0v) is 9.07. The van der Waals surface area contributed by atoms with Crippen molar-refractivity contribution < 1.29 is 39.5 Å². The van der Waals surface area contributed by atoms with Crippen molar-refractivity contribution in [3.8, 4) is 0 Å². The van der Waals surface area contributed by atoms with Crippen LogP contribution in [0.15, 0.2) is 12.7 Å². The fourth-order valence-electron chi connectivity index (χ4n) is 0.469. The van der Waals surface area contributed by atoms with Crippen LogP contribution in [0.1, 0.15) is 13.3 Å². The Bertz CT molecular complexity index is 283. The standard InChI is InChI=1S/C5H8O3.C4H6O5/c1-3-5(7)8-4(2)6;5-2(4(8)9)1-3(6)7/h3-4,6H,1H2,2H3;2,5H,1H2,(H,6,7)(H,8,9). The Morgan fingerprint density at radius 3 is 1.88 bits per heavy atom. The summed E-state index contributed by atoms with van der Waals surface area (Å²) in [5.74, 6) is -3.46. The summed E-state index contributed by atoms with van der Waals surface area (Å²) in [6, 6.07) is 0. The SMILES string of the molecule is C=CC(=O)OC(C)O.O=C(O)CC(O)C(=O)O. The molecule has 0 rings (SSSR count). The van der Waals surface area contributed by atoms with Crippen LogP contribution in [-0.2, 0) is 19.1 Å². The molecule has 0 heterocycles. The molecular formula is C9H14O8. The monoisotopic (exact) mass is 250 g/mol. The number of aliphatic hydroxyl groups is 2. The van der Waals surface area contributed by atoms with Crippen LogP contribution in [0.3, 0.4) is 0 Å². The highest BCUT2D eigenvalue weighted by atomic mass is 16.6. The zero-order valence-electron chi connectivity index (χ0n) is 9.07. The molecule has 17 heavy (non-hydrogen) atoms. The molecule has 0 spiro atoms. The highest BCUT2D eigenvalue weighted by Crippen LogP contribution is 1.89. The van der Waals surface area contributed by atoms with Crippen molar-refractivity contribution in [2.24, 2.45) is 0 Å². The van der Waals surface area contributed by atoms with Gasteiger partial charge < -0.3 is 25.2 Å². The van der Waals surface area contributed by atoms with Gasteiger partial charge in [0.05, 0.1) is 6.42 Å². The number of carbonyl (C=O) groups excluding carboxylic acids is 1. The molecule has 0 radical (unpaired) electrons. The lowest BCUT2D eigenvalue weighted by atomic mass is 10.3. The van der Waals surface area contributed by atoms with Crippen LogP contribution in [0.5, 0.6) is 0 Å². The molecule has 0 fully saturated rings. The Balaban J connectivity index is 0. The van der Waals surface area contributed by atoms with Gasteiger partial charge in [0.25, 0.3) is 0 Å². The summed E-state index contributed by atoms with van der Waals surface area (Å²) < 4.78 is 4.20. The van der Waals surface area contributed by atoms with Crippen LogP contribution in [0.25, 0.3) is 0 Å². The van der Waals surface area contributed by atoms with Gasteiger partial charge in [0.15, 0.2) is 12.4 Å². The fourth-order valence-corrected chi connectivity index (χ4v) is 0.469. The third-order valence-electron chi connectivity index (χ3n) is 1.11. The molecule has 0 aromatic carbocycles.